The van der Waals surface area contributed by atoms with Gasteiger partial charge in [-0.3, -0.25) is 9.69 Å². The number of likely N-dealkylation sites (N-methyl/N-ethyl adjacent to an activating group) is 1. The fourth-order valence-corrected chi connectivity index (χ4v) is 2.70. The monoisotopic (exact) mass is 406 g/mol. The molecule has 0 saturated carbocycles. The molecule has 2 aromatic carbocycles. The van der Waals surface area contributed by atoms with Gasteiger partial charge in [0.1, 0.15) is 12.4 Å². The Kier molecular flexibility index (Phi) is 6.07. The van der Waals surface area contributed by atoms with Crippen LogP contribution in [0.3, 0.4) is 0 Å². The fourth-order valence-electron chi connectivity index (χ4n) is 2.70. The Labute approximate surface area is 165 Å². The van der Waals surface area contributed by atoms with E-state index in [2.05, 4.69) is 15.3 Å². The number of H-pyrrole nitrogens is 1. The molecule has 29 heavy (non-hydrogen) atoms. The first-order valence-corrected chi connectivity index (χ1v) is 8.95. The Morgan fingerprint density at radius 2 is 1.93 bits per heavy atom. The summed E-state index contributed by atoms with van der Waals surface area (Å²) in [6.07, 6.45) is -4.55. The molecule has 0 aliphatic rings. The number of hydrogen-bond acceptors (Lipinski definition) is 4. The molecule has 0 saturated heterocycles. The first-order chi connectivity index (χ1) is 13.7. The van der Waals surface area contributed by atoms with Crippen molar-refractivity contribution >= 4 is 22.6 Å². The summed E-state index contributed by atoms with van der Waals surface area (Å²) in [5.74, 6) is -0.582. The number of aromatic amines is 1. The largest absolute Gasteiger partial charge is 0.492 e. The van der Waals surface area contributed by atoms with Crippen molar-refractivity contribution in [2.45, 2.75) is 13.1 Å². The number of anilines is 1. The number of nitrogens with one attached hydrogen (secondary N) is 2. The number of hydrogen-bond donors (Lipinski definition) is 2. The highest BCUT2D eigenvalue weighted by Crippen LogP contribution is 2.29. The summed E-state index contributed by atoms with van der Waals surface area (Å²) < 4.78 is 43.8. The quantitative estimate of drug-likeness (QED) is 0.626. The Hall–Kier alpha value is -3.07. The Morgan fingerprint density at radius 1 is 1.21 bits per heavy atom. The van der Waals surface area contributed by atoms with Crippen LogP contribution in [0.25, 0.3) is 11.0 Å². The topological polar surface area (TPSA) is 70.2 Å². The molecule has 0 unspecified atom stereocenters. The van der Waals surface area contributed by atoms with E-state index in [0.717, 1.165) is 11.3 Å². The molecule has 0 bridgehead atoms. The summed E-state index contributed by atoms with van der Waals surface area (Å²) in [6, 6.07) is 12.1. The normalized spacial score (nSPS) is 11.8. The first-order valence-electron chi connectivity index (χ1n) is 8.95. The summed E-state index contributed by atoms with van der Waals surface area (Å²) in [4.78, 5) is 19.7. The fraction of sp³-hybridized carbons (Fsp3) is 0.300. The highest BCUT2D eigenvalue weighted by atomic mass is 19.4. The third kappa shape index (κ3) is 5.71. The van der Waals surface area contributed by atoms with Gasteiger partial charge in [0.2, 0.25) is 11.7 Å². The molecule has 1 amide bonds. The van der Waals surface area contributed by atoms with Crippen LogP contribution in [0, 0.1) is 6.92 Å². The smallest absolute Gasteiger partial charge is 0.449 e. The van der Waals surface area contributed by atoms with E-state index in [4.69, 9.17) is 4.74 Å². The lowest BCUT2D eigenvalue weighted by atomic mass is 10.2. The third-order valence-electron chi connectivity index (χ3n) is 4.21. The number of ether oxygens (including phenoxy) is 1. The summed E-state index contributed by atoms with van der Waals surface area (Å²) in [5.41, 5.74) is 1.92. The zero-order valence-corrected chi connectivity index (χ0v) is 16.0. The molecule has 3 aromatic rings. The van der Waals surface area contributed by atoms with E-state index in [9.17, 15) is 18.0 Å². The van der Waals surface area contributed by atoms with Gasteiger partial charge in [-0.15, -0.1) is 0 Å². The molecule has 0 spiro atoms. The minimum Gasteiger partial charge on any atom is -0.492 e. The van der Waals surface area contributed by atoms with E-state index < -0.39 is 12.0 Å². The van der Waals surface area contributed by atoms with Gasteiger partial charge in [0.25, 0.3) is 0 Å². The molecule has 9 heteroatoms. The second kappa shape index (κ2) is 8.52. The van der Waals surface area contributed by atoms with Crippen LogP contribution in [0.1, 0.15) is 11.4 Å². The van der Waals surface area contributed by atoms with E-state index in [1.165, 1.54) is 18.2 Å². The van der Waals surface area contributed by atoms with Crippen LogP contribution < -0.4 is 10.1 Å². The van der Waals surface area contributed by atoms with Crippen molar-refractivity contribution in [1.82, 2.24) is 14.9 Å². The molecule has 0 aliphatic heterocycles. The minimum atomic E-state index is -4.55. The molecule has 0 fully saturated rings. The van der Waals surface area contributed by atoms with E-state index in [0.29, 0.717) is 18.8 Å². The number of aromatic nitrogens is 2. The van der Waals surface area contributed by atoms with Crippen LogP contribution >= 0.6 is 0 Å². The molecule has 1 aromatic heterocycles. The van der Waals surface area contributed by atoms with Crippen molar-refractivity contribution < 1.29 is 22.7 Å². The average molecular weight is 406 g/mol. The molecule has 0 atom stereocenters. The van der Waals surface area contributed by atoms with Crippen molar-refractivity contribution in [2.75, 3.05) is 32.1 Å². The molecule has 0 radical (unpaired) electrons. The zero-order chi connectivity index (χ0) is 21.0. The number of imidazole rings is 1. The second-order valence-corrected chi connectivity index (χ2v) is 6.76. The number of carbonyl (C=O) groups is 1. The maximum absolute atomic E-state index is 12.7. The van der Waals surface area contributed by atoms with Crippen molar-refractivity contribution in [3.8, 4) is 5.75 Å². The lowest BCUT2D eigenvalue weighted by Gasteiger charge is -2.16. The lowest BCUT2D eigenvalue weighted by Crippen LogP contribution is -2.33. The molecule has 154 valence electrons. The van der Waals surface area contributed by atoms with E-state index in [1.807, 2.05) is 31.2 Å². The molecule has 0 aliphatic carbocycles. The number of halogens is 3. The third-order valence-corrected chi connectivity index (χ3v) is 4.21. The number of fused-ring (bicyclic) bond motifs is 1. The van der Waals surface area contributed by atoms with Gasteiger partial charge in [-0.25, -0.2) is 4.98 Å². The van der Waals surface area contributed by atoms with Crippen LogP contribution in [0.15, 0.2) is 42.5 Å². The van der Waals surface area contributed by atoms with Gasteiger partial charge >= 0.3 is 6.18 Å². The van der Waals surface area contributed by atoms with E-state index in [-0.39, 0.29) is 23.5 Å². The average Bonchev–Trinajstić information content (AvgIpc) is 3.07. The second-order valence-electron chi connectivity index (χ2n) is 6.76. The Morgan fingerprint density at radius 3 is 2.62 bits per heavy atom. The van der Waals surface area contributed by atoms with Crippen molar-refractivity contribution in [1.29, 1.82) is 0 Å². The number of nitrogens with zero attached hydrogens (tertiary/aromatic N) is 2. The summed E-state index contributed by atoms with van der Waals surface area (Å²) in [6.45, 7) is 3.07. The summed E-state index contributed by atoms with van der Waals surface area (Å²) >= 11 is 0. The predicted molar refractivity (Wildman–Crippen MR) is 104 cm³/mol. The molecular formula is C20H21F3N4O2. The highest BCUT2D eigenvalue weighted by Gasteiger charge is 2.34. The van der Waals surface area contributed by atoms with Crippen LogP contribution in [-0.2, 0) is 11.0 Å². The van der Waals surface area contributed by atoms with E-state index >= 15 is 0 Å². The minimum absolute atomic E-state index is 0.117. The van der Waals surface area contributed by atoms with Gasteiger partial charge in [0, 0.05) is 12.2 Å². The maximum Gasteiger partial charge on any atom is 0.449 e. The van der Waals surface area contributed by atoms with Crippen molar-refractivity contribution in [3.63, 3.8) is 0 Å². The number of alkyl halides is 3. The Balaban J connectivity index is 1.49. The standard InChI is InChI=1S/C20H21F3N4O2/c1-13-3-6-15(7-4-13)29-10-9-27(2)12-18(28)24-14-5-8-16-17(11-14)26-19(25-16)20(21,22)23/h3-8,11H,9-10,12H2,1-2H3,(H,24,28)(H,25,26). The number of benzene rings is 2. The van der Waals surface area contributed by atoms with E-state index in [1.54, 1.807) is 11.9 Å². The van der Waals surface area contributed by atoms with Gasteiger partial charge in [0.05, 0.1) is 17.6 Å². The molecular weight excluding hydrogens is 385 g/mol. The predicted octanol–water partition coefficient (Wildman–Crippen LogP) is 3.84. The van der Waals surface area contributed by atoms with Crippen LogP contribution in [-0.4, -0.2) is 47.5 Å². The van der Waals surface area contributed by atoms with Crippen molar-refractivity contribution in [3.05, 3.63) is 53.9 Å². The highest BCUT2D eigenvalue weighted by molar-refractivity contribution is 5.94. The molecule has 3 rings (SSSR count). The maximum atomic E-state index is 12.7. The van der Waals surface area contributed by atoms with Gasteiger partial charge in [-0.1, -0.05) is 17.7 Å². The van der Waals surface area contributed by atoms with Gasteiger partial charge in [-0.05, 0) is 44.3 Å². The van der Waals surface area contributed by atoms with Crippen molar-refractivity contribution in [2.24, 2.45) is 0 Å². The summed E-state index contributed by atoms with van der Waals surface area (Å²) in [7, 11) is 1.78. The molecule has 2 N–H and O–H groups in total. The van der Waals surface area contributed by atoms with Gasteiger partial charge < -0.3 is 15.0 Å². The van der Waals surface area contributed by atoms with Gasteiger partial charge in [-0.2, -0.15) is 13.2 Å². The number of amides is 1. The van der Waals surface area contributed by atoms with Crippen LogP contribution in [0.5, 0.6) is 5.75 Å². The van der Waals surface area contributed by atoms with Crippen LogP contribution in [0.4, 0.5) is 18.9 Å². The Bertz CT molecular complexity index is 984. The number of rotatable bonds is 7. The number of aryl methyl sites for hydroxylation is 1. The van der Waals surface area contributed by atoms with Gasteiger partial charge in [0.15, 0.2) is 0 Å². The van der Waals surface area contributed by atoms with Crippen LogP contribution in [0.2, 0.25) is 0 Å². The lowest BCUT2D eigenvalue weighted by molar-refractivity contribution is -0.144. The molecule has 1 heterocycles. The zero-order valence-electron chi connectivity index (χ0n) is 16.0. The first kappa shape index (κ1) is 20.7. The SMILES string of the molecule is Cc1ccc(OCCN(C)CC(=O)Nc2ccc3nc(C(F)(F)F)[nH]c3c2)cc1. The molecule has 6 nitrogen and oxygen atoms in total. The number of carbonyl (C=O) groups excluding carboxylic acids is 1. The summed E-state index contributed by atoms with van der Waals surface area (Å²) in [5, 5.41) is 2.68.